The van der Waals surface area contributed by atoms with Crippen LogP contribution in [0.3, 0.4) is 0 Å². The number of halogens is 1. The third-order valence-electron chi connectivity index (χ3n) is 3.78. The topological polar surface area (TPSA) is 26.3 Å². The molecule has 24 heavy (non-hydrogen) atoms. The lowest BCUT2D eigenvalue weighted by Gasteiger charge is -2.14. The summed E-state index contributed by atoms with van der Waals surface area (Å²) in [5, 5.41) is 0. The predicted molar refractivity (Wildman–Crippen MR) is 92.6 cm³/mol. The zero-order chi connectivity index (χ0) is 16.9. The first-order valence-electron chi connectivity index (χ1n) is 7.72. The smallest absolute Gasteiger partial charge is 0.160 e. The van der Waals surface area contributed by atoms with Crippen molar-refractivity contribution in [2.75, 3.05) is 0 Å². The van der Waals surface area contributed by atoms with Gasteiger partial charge in [-0.05, 0) is 36.2 Å². The Hall–Kier alpha value is -2.94. The second-order valence-corrected chi connectivity index (χ2v) is 5.52. The van der Waals surface area contributed by atoms with E-state index in [0.717, 1.165) is 11.1 Å². The predicted octanol–water partition coefficient (Wildman–Crippen LogP) is 5.27. The van der Waals surface area contributed by atoms with Gasteiger partial charge in [0.15, 0.2) is 5.78 Å². The Morgan fingerprint density at radius 1 is 0.917 bits per heavy atom. The SMILES string of the molecule is CC(=O)c1cc(F)ccc1-c1ccccc1OCc1ccccc1. The van der Waals surface area contributed by atoms with Crippen molar-refractivity contribution in [3.8, 4) is 16.9 Å². The molecule has 0 amide bonds. The molecule has 3 aromatic carbocycles. The third-order valence-corrected chi connectivity index (χ3v) is 3.78. The number of ketones is 1. The molecule has 0 atom stereocenters. The molecule has 0 aliphatic heterocycles. The molecule has 0 aliphatic carbocycles. The molecule has 2 nitrogen and oxygen atoms in total. The maximum absolute atomic E-state index is 13.5. The van der Waals surface area contributed by atoms with Gasteiger partial charge in [0, 0.05) is 11.1 Å². The minimum atomic E-state index is -0.424. The van der Waals surface area contributed by atoms with Crippen molar-refractivity contribution in [3.63, 3.8) is 0 Å². The lowest BCUT2D eigenvalue weighted by molar-refractivity contribution is 0.101. The summed E-state index contributed by atoms with van der Waals surface area (Å²) in [6.45, 7) is 1.86. The lowest BCUT2D eigenvalue weighted by atomic mass is 9.96. The Morgan fingerprint density at radius 2 is 1.62 bits per heavy atom. The summed E-state index contributed by atoms with van der Waals surface area (Å²) in [5.74, 6) is 0.0597. The van der Waals surface area contributed by atoms with E-state index in [9.17, 15) is 9.18 Å². The van der Waals surface area contributed by atoms with Crippen molar-refractivity contribution >= 4 is 5.78 Å². The van der Waals surface area contributed by atoms with Gasteiger partial charge >= 0.3 is 0 Å². The van der Waals surface area contributed by atoms with E-state index in [1.807, 2.05) is 54.6 Å². The van der Waals surface area contributed by atoms with Gasteiger partial charge in [0.25, 0.3) is 0 Å². The van der Waals surface area contributed by atoms with E-state index in [1.54, 1.807) is 6.07 Å². The van der Waals surface area contributed by atoms with Crippen LogP contribution in [0.15, 0.2) is 72.8 Å². The fourth-order valence-electron chi connectivity index (χ4n) is 2.59. The van der Waals surface area contributed by atoms with E-state index in [0.29, 0.717) is 23.5 Å². The molecule has 0 saturated carbocycles. The number of para-hydroxylation sites is 1. The van der Waals surface area contributed by atoms with Crippen LogP contribution in [-0.4, -0.2) is 5.78 Å². The quantitative estimate of drug-likeness (QED) is 0.598. The molecule has 0 spiro atoms. The molecule has 0 bridgehead atoms. The molecule has 120 valence electrons. The van der Waals surface area contributed by atoms with E-state index in [2.05, 4.69) is 0 Å². The van der Waals surface area contributed by atoms with Gasteiger partial charge in [-0.25, -0.2) is 4.39 Å². The highest BCUT2D eigenvalue weighted by atomic mass is 19.1. The van der Waals surface area contributed by atoms with Crippen LogP contribution < -0.4 is 4.74 Å². The Bertz CT molecular complexity index is 857. The fraction of sp³-hybridized carbons (Fsp3) is 0.0952. The number of Topliss-reactive ketones (excluding diaryl/α,β-unsaturated/α-hetero) is 1. The molecule has 0 aliphatic rings. The molecule has 3 rings (SSSR count). The maximum Gasteiger partial charge on any atom is 0.160 e. The number of carbonyl (C=O) groups excluding carboxylic acids is 1. The number of ether oxygens (including phenoxy) is 1. The summed E-state index contributed by atoms with van der Waals surface area (Å²) < 4.78 is 19.4. The molecule has 3 heteroatoms. The molecule has 0 unspecified atom stereocenters. The van der Waals surface area contributed by atoms with Gasteiger partial charge in [0.05, 0.1) is 0 Å². The molecule has 0 radical (unpaired) electrons. The molecule has 0 heterocycles. The van der Waals surface area contributed by atoms with Crippen molar-refractivity contribution in [1.29, 1.82) is 0 Å². The van der Waals surface area contributed by atoms with Crippen LogP contribution in [0.5, 0.6) is 5.75 Å². The van der Waals surface area contributed by atoms with E-state index in [1.165, 1.54) is 19.1 Å². The minimum Gasteiger partial charge on any atom is -0.488 e. The Balaban J connectivity index is 1.97. The van der Waals surface area contributed by atoms with Gasteiger partial charge in [-0.2, -0.15) is 0 Å². The van der Waals surface area contributed by atoms with Crippen LogP contribution in [0.1, 0.15) is 22.8 Å². The average Bonchev–Trinajstić information content (AvgIpc) is 2.61. The lowest BCUT2D eigenvalue weighted by Crippen LogP contribution is -2.00. The molecule has 0 fully saturated rings. The van der Waals surface area contributed by atoms with Gasteiger partial charge in [0.2, 0.25) is 0 Å². The first-order chi connectivity index (χ1) is 11.6. The molecular formula is C21H17FO2. The van der Waals surface area contributed by atoms with Crippen LogP contribution in [0.2, 0.25) is 0 Å². The highest BCUT2D eigenvalue weighted by Gasteiger charge is 2.14. The molecule has 0 N–H and O–H groups in total. The van der Waals surface area contributed by atoms with Crippen LogP contribution >= 0.6 is 0 Å². The van der Waals surface area contributed by atoms with Crippen molar-refractivity contribution in [3.05, 3.63) is 89.7 Å². The van der Waals surface area contributed by atoms with Crippen molar-refractivity contribution in [2.24, 2.45) is 0 Å². The Labute approximate surface area is 140 Å². The third kappa shape index (κ3) is 3.51. The van der Waals surface area contributed by atoms with E-state index in [4.69, 9.17) is 4.74 Å². The standard InChI is InChI=1S/C21H17FO2/c1-15(23)20-13-17(22)11-12-18(20)19-9-5-6-10-21(19)24-14-16-7-3-2-4-8-16/h2-13H,14H2,1H3. The van der Waals surface area contributed by atoms with Gasteiger partial charge in [-0.15, -0.1) is 0 Å². The summed E-state index contributed by atoms with van der Waals surface area (Å²) in [5.41, 5.74) is 2.86. The van der Waals surface area contributed by atoms with Crippen LogP contribution in [0, 0.1) is 5.82 Å². The molecule has 0 saturated heterocycles. The van der Waals surface area contributed by atoms with Gasteiger partial charge in [-0.1, -0.05) is 54.6 Å². The van der Waals surface area contributed by atoms with Gasteiger partial charge < -0.3 is 4.74 Å². The first-order valence-corrected chi connectivity index (χ1v) is 7.72. The Morgan fingerprint density at radius 3 is 2.38 bits per heavy atom. The van der Waals surface area contributed by atoms with E-state index in [-0.39, 0.29) is 5.78 Å². The van der Waals surface area contributed by atoms with Crippen molar-refractivity contribution < 1.29 is 13.9 Å². The summed E-state index contributed by atoms with van der Waals surface area (Å²) in [6.07, 6.45) is 0. The molecular weight excluding hydrogens is 303 g/mol. The van der Waals surface area contributed by atoms with Crippen LogP contribution in [-0.2, 0) is 6.61 Å². The van der Waals surface area contributed by atoms with Crippen LogP contribution in [0.4, 0.5) is 4.39 Å². The monoisotopic (exact) mass is 320 g/mol. The second kappa shape index (κ2) is 7.09. The second-order valence-electron chi connectivity index (χ2n) is 5.52. The maximum atomic E-state index is 13.5. The fourth-order valence-corrected chi connectivity index (χ4v) is 2.59. The number of carbonyl (C=O) groups is 1. The van der Waals surface area contributed by atoms with Crippen molar-refractivity contribution in [1.82, 2.24) is 0 Å². The van der Waals surface area contributed by atoms with Crippen LogP contribution in [0.25, 0.3) is 11.1 Å². The largest absolute Gasteiger partial charge is 0.488 e. The average molecular weight is 320 g/mol. The number of hydrogen-bond acceptors (Lipinski definition) is 2. The number of benzene rings is 3. The van der Waals surface area contributed by atoms with E-state index < -0.39 is 5.82 Å². The number of hydrogen-bond donors (Lipinski definition) is 0. The minimum absolute atomic E-state index is 0.178. The zero-order valence-corrected chi connectivity index (χ0v) is 13.3. The first kappa shape index (κ1) is 15.9. The van der Waals surface area contributed by atoms with Crippen molar-refractivity contribution in [2.45, 2.75) is 13.5 Å². The Kier molecular flexibility index (Phi) is 4.71. The molecule has 3 aromatic rings. The molecule has 0 aromatic heterocycles. The summed E-state index contributed by atoms with van der Waals surface area (Å²) in [7, 11) is 0. The summed E-state index contributed by atoms with van der Waals surface area (Å²) in [6, 6.07) is 21.6. The van der Waals surface area contributed by atoms with E-state index >= 15 is 0 Å². The highest BCUT2D eigenvalue weighted by Crippen LogP contribution is 2.33. The normalized spacial score (nSPS) is 10.4. The van der Waals surface area contributed by atoms with Gasteiger partial charge in [0.1, 0.15) is 18.2 Å². The summed E-state index contributed by atoms with van der Waals surface area (Å²) >= 11 is 0. The highest BCUT2D eigenvalue weighted by molar-refractivity contribution is 6.01. The number of rotatable bonds is 5. The van der Waals surface area contributed by atoms with Gasteiger partial charge in [-0.3, -0.25) is 4.79 Å². The zero-order valence-electron chi connectivity index (χ0n) is 13.3. The summed E-state index contributed by atoms with van der Waals surface area (Å²) in [4.78, 5) is 11.9.